The Morgan fingerprint density at radius 3 is 2.45 bits per heavy atom. The molecule has 2 heterocycles. The van der Waals surface area contributed by atoms with Crippen LogP contribution in [0.1, 0.15) is 46.6 Å². The van der Waals surface area contributed by atoms with E-state index in [4.69, 9.17) is 9.84 Å². The third kappa shape index (κ3) is 4.15. The van der Waals surface area contributed by atoms with Gasteiger partial charge in [-0.2, -0.15) is 0 Å². The maximum absolute atomic E-state index is 13.0. The normalized spacial score (nSPS) is 13.2. The Morgan fingerprint density at radius 1 is 1.21 bits per heavy atom. The van der Waals surface area contributed by atoms with Gasteiger partial charge in [-0.15, -0.1) is 0 Å². The van der Waals surface area contributed by atoms with Gasteiger partial charge in [0.15, 0.2) is 0 Å². The number of nitrogens with zero attached hydrogens (tertiary/aromatic N) is 1. The number of aromatic hydroxyl groups is 1. The predicted octanol–water partition coefficient (Wildman–Crippen LogP) is 0.674. The highest BCUT2D eigenvalue weighted by Crippen LogP contribution is 2.30. The van der Waals surface area contributed by atoms with Crippen LogP contribution in [-0.2, 0) is 34.9 Å². The van der Waals surface area contributed by atoms with Crippen LogP contribution >= 0.6 is 0 Å². The van der Waals surface area contributed by atoms with Crippen molar-refractivity contribution in [2.45, 2.75) is 39.2 Å². The molecule has 1 aliphatic heterocycles. The minimum absolute atomic E-state index is 0.0400. The van der Waals surface area contributed by atoms with Gasteiger partial charge in [-0.1, -0.05) is 24.3 Å². The molecule has 1 aromatic heterocycles. The van der Waals surface area contributed by atoms with E-state index in [9.17, 15) is 24.6 Å². The monoisotopic (exact) mass is 402 g/mol. The lowest BCUT2D eigenvalue weighted by Crippen LogP contribution is -2.37. The van der Waals surface area contributed by atoms with Crippen molar-refractivity contribution in [3.05, 3.63) is 62.6 Å². The highest BCUT2D eigenvalue weighted by Gasteiger charge is 2.29. The number of benzene rings is 1. The van der Waals surface area contributed by atoms with Crippen LogP contribution in [0.4, 0.5) is 0 Å². The summed E-state index contributed by atoms with van der Waals surface area (Å²) in [6, 6.07) is 7.02. The standard InChI is InChI=1S/C20H22N2O7/c1-20(2,28)12-5-3-11(4-6-12)8-22-14-10-29-9-13(14)17(25)16(19(22)27)18(26)21-7-15(23)24/h3-6,25,28H,7-10H2,1-2H3,(H,21,26)(H,23,24). The number of aliphatic hydroxyl groups is 1. The van der Waals surface area contributed by atoms with Crippen LogP contribution in [0.2, 0.25) is 0 Å². The molecule has 0 saturated heterocycles. The van der Waals surface area contributed by atoms with Crippen LogP contribution < -0.4 is 10.9 Å². The van der Waals surface area contributed by atoms with Crippen LogP contribution in [0.3, 0.4) is 0 Å². The van der Waals surface area contributed by atoms with Gasteiger partial charge in [0.1, 0.15) is 17.9 Å². The van der Waals surface area contributed by atoms with Crippen molar-refractivity contribution in [1.29, 1.82) is 0 Å². The molecule has 1 amide bonds. The molecule has 0 fully saturated rings. The quantitative estimate of drug-likeness (QED) is 0.557. The number of pyridine rings is 1. The van der Waals surface area contributed by atoms with Crippen molar-refractivity contribution in [1.82, 2.24) is 9.88 Å². The Labute approximate surface area is 166 Å². The van der Waals surface area contributed by atoms with Gasteiger partial charge in [0.25, 0.3) is 11.5 Å². The molecule has 0 radical (unpaired) electrons. The SMILES string of the molecule is CC(C)(O)c1ccc(Cn2c3c(c(O)c(C(=O)NCC(=O)O)c2=O)COC3)cc1. The number of hydrogen-bond donors (Lipinski definition) is 4. The molecule has 0 unspecified atom stereocenters. The number of carboxylic acid groups (broad SMARTS) is 1. The summed E-state index contributed by atoms with van der Waals surface area (Å²) < 4.78 is 6.69. The highest BCUT2D eigenvalue weighted by atomic mass is 16.5. The first-order chi connectivity index (χ1) is 13.6. The summed E-state index contributed by atoms with van der Waals surface area (Å²) in [5.41, 5.74) is 0.00788. The fraction of sp³-hybridized carbons (Fsp3) is 0.350. The Hall–Kier alpha value is -3.17. The zero-order valence-electron chi connectivity index (χ0n) is 16.1. The molecule has 154 valence electrons. The number of amides is 1. The minimum atomic E-state index is -1.27. The van der Waals surface area contributed by atoms with Gasteiger partial charge in [-0.05, 0) is 25.0 Å². The molecule has 9 heteroatoms. The van der Waals surface area contributed by atoms with E-state index in [1.807, 2.05) is 0 Å². The highest BCUT2D eigenvalue weighted by molar-refractivity contribution is 5.98. The van der Waals surface area contributed by atoms with E-state index in [1.54, 1.807) is 38.1 Å². The number of carbonyl (C=O) groups is 2. The minimum Gasteiger partial charge on any atom is -0.506 e. The summed E-state index contributed by atoms with van der Waals surface area (Å²) in [6.45, 7) is 2.92. The van der Waals surface area contributed by atoms with Crippen LogP contribution in [-0.4, -0.2) is 38.3 Å². The van der Waals surface area contributed by atoms with E-state index in [1.165, 1.54) is 4.57 Å². The van der Waals surface area contributed by atoms with E-state index in [0.29, 0.717) is 16.8 Å². The van der Waals surface area contributed by atoms with Gasteiger partial charge in [-0.3, -0.25) is 14.4 Å². The van der Waals surface area contributed by atoms with E-state index in [-0.39, 0.29) is 19.8 Å². The smallest absolute Gasteiger partial charge is 0.322 e. The third-order valence-corrected chi connectivity index (χ3v) is 4.77. The van der Waals surface area contributed by atoms with Gasteiger partial charge in [-0.25, -0.2) is 0 Å². The lowest BCUT2D eigenvalue weighted by molar-refractivity contribution is -0.135. The molecular formula is C20H22N2O7. The average molecular weight is 402 g/mol. The summed E-state index contributed by atoms with van der Waals surface area (Å²) >= 11 is 0. The van der Waals surface area contributed by atoms with E-state index >= 15 is 0 Å². The molecule has 3 rings (SSSR count). The van der Waals surface area contributed by atoms with Crippen molar-refractivity contribution in [2.24, 2.45) is 0 Å². The number of hydrogen-bond acceptors (Lipinski definition) is 6. The molecule has 0 spiro atoms. The second-order valence-electron chi connectivity index (χ2n) is 7.37. The zero-order chi connectivity index (χ0) is 21.3. The van der Waals surface area contributed by atoms with Crippen molar-refractivity contribution < 1.29 is 29.6 Å². The molecule has 1 aliphatic rings. The average Bonchev–Trinajstić information content (AvgIpc) is 3.13. The van der Waals surface area contributed by atoms with Gasteiger partial charge >= 0.3 is 5.97 Å². The first-order valence-corrected chi connectivity index (χ1v) is 8.96. The van der Waals surface area contributed by atoms with Crippen molar-refractivity contribution in [3.63, 3.8) is 0 Å². The molecule has 29 heavy (non-hydrogen) atoms. The molecule has 4 N–H and O–H groups in total. The summed E-state index contributed by atoms with van der Waals surface area (Å²) in [6.07, 6.45) is 0. The molecule has 1 aromatic carbocycles. The van der Waals surface area contributed by atoms with Crippen LogP contribution in [0, 0.1) is 0 Å². The number of ether oxygens (including phenoxy) is 1. The third-order valence-electron chi connectivity index (χ3n) is 4.77. The molecule has 0 atom stereocenters. The van der Waals surface area contributed by atoms with Gasteiger partial charge < -0.3 is 29.9 Å². The van der Waals surface area contributed by atoms with Gasteiger partial charge in [0.2, 0.25) is 0 Å². The summed E-state index contributed by atoms with van der Waals surface area (Å²) in [5.74, 6) is -2.72. The maximum Gasteiger partial charge on any atom is 0.322 e. The van der Waals surface area contributed by atoms with Crippen LogP contribution in [0.5, 0.6) is 5.75 Å². The number of nitrogens with one attached hydrogen (secondary N) is 1. The largest absolute Gasteiger partial charge is 0.506 e. The lowest BCUT2D eigenvalue weighted by atomic mass is 9.97. The van der Waals surface area contributed by atoms with Crippen LogP contribution in [0.15, 0.2) is 29.1 Å². The maximum atomic E-state index is 13.0. The number of aromatic nitrogens is 1. The predicted molar refractivity (Wildman–Crippen MR) is 102 cm³/mol. The first kappa shape index (κ1) is 20.6. The number of rotatable bonds is 6. The number of aliphatic carboxylic acids is 1. The molecule has 0 bridgehead atoms. The van der Waals surface area contributed by atoms with Crippen LogP contribution in [0.25, 0.3) is 0 Å². The number of carbonyl (C=O) groups excluding carboxylic acids is 1. The Morgan fingerprint density at radius 2 is 1.86 bits per heavy atom. The zero-order valence-corrected chi connectivity index (χ0v) is 16.1. The van der Waals surface area contributed by atoms with Gasteiger partial charge in [0, 0.05) is 5.56 Å². The Balaban J connectivity index is 2.02. The fourth-order valence-corrected chi connectivity index (χ4v) is 3.19. The Kier molecular flexibility index (Phi) is 5.45. The Bertz CT molecular complexity index is 1020. The number of fused-ring (bicyclic) bond motifs is 1. The lowest BCUT2D eigenvalue weighted by Gasteiger charge is -2.19. The van der Waals surface area contributed by atoms with E-state index in [2.05, 4.69) is 5.32 Å². The summed E-state index contributed by atoms with van der Waals surface area (Å²) in [5, 5.41) is 31.3. The first-order valence-electron chi connectivity index (χ1n) is 8.96. The summed E-state index contributed by atoms with van der Waals surface area (Å²) in [4.78, 5) is 36.0. The summed E-state index contributed by atoms with van der Waals surface area (Å²) in [7, 11) is 0. The molecule has 0 saturated carbocycles. The van der Waals surface area contributed by atoms with Gasteiger partial charge in [0.05, 0.1) is 31.1 Å². The van der Waals surface area contributed by atoms with E-state index in [0.717, 1.165) is 5.56 Å². The van der Waals surface area contributed by atoms with Crippen molar-refractivity contribution in [2.75, 3.05) is 6.54 Å². The molecule has 2 aromatic rings. The number of carboxylic acids is 1. The van der Waals surface area contributed by atoms with Crippen molar-refractivity contribution >= 4 is 11.9 Å². The molecule has 9 nitrogen and oxygen atoms in total. The topological polar surface area (TPSA) is 138 Å². The van der Waals surface area contributed by atoms with Crippen molar-refractivity contribution in [3.8, 4) is 5.75 Å². The van der Waals surface area contributed by atoms with E-state index < -0.39 is 40.9 Å². The second kappa shape index (κ2) is 7.69. The molecular weight excluding hydrogens is 380 g/mol. The second-order valence-corrected chi connectivity index (χ2v) is 7.37. The fourth-order valence-electron chi connectivity index (χ4n) is 3.19. The molecule has 0 aliphatic carbocycles.